The van der Waals surface area contributed by atoms with Crippen molar-refractivity contribution in [2.75, 3.05) is 14.2 Å². The van der Waals surface area contributed by atoms with Gasteiger partial charge in [-0.25, -0.2) is 0 Å². The highest BCUT2D eigenvalue weighted by atomic mass is 16.7. The molecule has 3 heteroatoms. The minimum Gasteiger partial charge on any atom is -0.356 e. The van der Waals surface area contributed by atoms with Crippen molar-refractivity contribution in [2.45, 2.75) is 84.1 Å². The summed E-state index contributed by atoms with van der Waals surface area (Å²) in [5, 5.41) is 3.63. The SMILES string of the molecule is CC1(C)CCCC(C)(C)N1.CCCC(OC)OC. The topological polar surface area (TPSA) is 30.5 Å². The van der Waals surface area contributed by atoms with Gasteiger partial charge in [-0.3, -0.25) is 0 Å². The molecule has 1 N–H and O–H groups in total. The van der Waals surface area contributed by atoms with Crippen LogP contribution in [0, 0.1) is 0 Å². The average Bonchev–Trinajstić information content (AvgIpc) is 2.23. The molecule has 0 bridgehead atoms. The molecule has 1 heterocycles. The first kappa shape index (κ1) is 17.9. The van der Waals surface area contributed by atoms with Crippen molar-refractivity contribution in [3.8, 4) is 0 Å². The Balaban J connectivity index is 0.000000331. The molecule has 0 aromatic heterocycles. The Labute approximate surface area is 114 Å². The highest BCUT2D eigenvalue weighted by molar-refractivity contribution is 4.92. The van der Waals surface area contributed by atoms with Gasteiger partial charge in [-0.2, -0.15) is 0 Å². The van der Waals surface area contributed by atoms with E-state index in [9.17, 15) is 0 Å². The molecule has 0 atom stereocenters. The Bertz CT molecular complexity index is 197. The van der Waals surface area contributed by atoms with Crippen LogP contribution in [-0.4, -0.2) is 31.6 Å². The van der Waals surface area contributed by atoms with Crippen molar-refractivity contribution in [3.63, 3.8) is 0 Å². The third-order valence-electron chi connectivity index (χ3n) is 3.33. The normalized spacial score (nSPS) is 21.3. The summed E-state index contributed by atoms with van der Waals surface area (Å²) in [7, 11) is 3.31. The number of nitrogens with one attached hydrogen (secondary N) is 1. The highest BCUT2D eigenvalue weighted by Crippen LogP contribution is 2.27. The van der Waals surface area contributed by atoms with E-state index < -0.39 is 0 Å². The molecule has 1 aliphatic rings. The Kier molecular flexibility index (Phi) is 8.08. The first-order valence-corrected chi connectivity index (χ1v) is 7.11. The minimum absolute atomic E-state index is 0.000000000000000444. The summed E-state index contributed by atoms with van der Waals surface area (Å²) in [5.41, 5.74) is 0.726. The van der Waals surface area contributed by atoms with E-state index in [2.05, 4.69) is 39.9 Å². The van der Waals surface area contributed by atoms with Crippen molar-refractivity contribution < 1.29 is 9.47 Å². The molecule has 18 heavy (non-hydrogen) atoms. The fraction of sp³-hybridized carbons (Fsp3) is 1.00. The van der Waals surface area contributed by atoms with Gasteiger partial charge in [0.15, 0.2) is 6.29 Å². The molecule has 0 unspecified atom stereocenters. The van der Waals surface area contributed by atoms with Crippen LogP contribution in [0.3, 0.4) is 0 Å². The Morgan fingerprint density at radius 3 is 1.61 bits per heavy atom. The maximum Gasteiger partial charge on any atom is 0.156 e. The number of ether oxygens (including phenoxy) is 2. The lowest BCUT2D eigenvalue weighted by Crippen LogP contribution is -2.55. The van der Waals surface area contributed by atoms with E-state index in [-0.39, 0.29) is 6.29 Å². The standard InChI is InChI=1S/C9H19N.C6H14O2/c1-8(2)6-5-7-9(3,4)10-8;1-4-5-6(7-2)8-3/h10H,5-7H2,1-4H3;6H,4-5H2,1-3H3. The van der Waals surface area contributed by atoms with Crippen LogP contribution >= 0.6 is 0 Å². The summed E-state index contributed by atoms with van der Waals surface area (Å²) < 4.78 is 9.84. The molecule has 0 spiro atoms. The lowest BCUT2D eigenvalue weighted by Gasteiger charge is -2.42. The van der Waals surface area contributed by atoms with Gasteiger partial charge >= 0.3 is 0 Å². The molecular weight excluding hydrogens is 226 g/mol. The van der Waals surface area contributed by atoms with E-state index in [1.54, 1.807) is 14.2 Å². The lowest BCUT2D eigenvalue weighted by molar-refractivity contribution is -0.106. The molecule has 0 radical (unpaired) electrons. The van der Waals surface area contributed by atoms with E-state index in [4.69, 9.17) is 9.47 Å². The maximum absolute atomic E-state index is 4.92. The molecule has 0 aromatic carbocycles. The van der Waals surface area contributed by atoms with Crippen LogP contribution in [0.5, 0.6) is 0 Å². The van der Waals surface area contributed by atoms with Crippen molar-refractivity contribution in [2.24, 2.45) is 0 Å². The van der Waals surface area contributed by atoms with Crippen LogP contribution in [0.4, 0.5) is 0 Å². The second-order valence-corrected chi connectivity index (χ2v) is 6.44. The zero-order chi connectivity index (χ0) is 14.2. The van der Waals surface area contributed by atoms with Crippen LogP contribution in [0.1, 0.15) is 66.7 Å². The highest BCUT2D eigenvalue weighted by Gasteiger charge is 2.31. The first-order chi connectivity index (χ1) is 8.26. The third-order valence-corrected chi connectivity index (χ3v) is 3.33. The summed E-state index contributed by atoms with van der Waals surface area (Å²) >= 11 is 0. The predicted octanol–water partition coefficient (Wildman–Crippen LogP) is 3.72. The number of methoxy groups -OCH3 is 2. The summed E-state index contributed by atoms with van der Waals surface area (Å²) in [6, 6.07) is 0. The zero-order valence-electron chi connectivity index (χ0n) is 13.4. The van der Waals surface area contributed by atoms with Gasteiger partial charge in [0, 0.05) is 25.3 Å². The first-order valence-electron chi connectivity index (χ1n) is 7.11. The fourth-order valence-corrected chi connectivity index (χ4v) is 2.58. The molecule has 0 amide bonds. The largest absolute Gasteiger partial charge is 0.356 e. The zero-order valence-corrected chi connectivity index (χ0v) is 13.4. The van der Waals surface area contributed by atoms with Crippen molar-refractivity contribution in [1.82, 2.24) is 5.32 Å². The van der Waals surface area contributed by atoms with Crippen LogP contribution in [0.25, 0.3) is 0 Å². The van der Waals surface area contributed by atoms with Crippen LogP contribution in [0.15, 0.2) is 0 Å². The fourth-order valence-electron chi connectivity index (χ4n) is 2.58. The minimum atomic E-state index is -0.000000000000000444. The molecular formula is C15H33NO2. The smallest absolute Gasteiger partial charge is 0.156 e. The van der Waals surface area contributed by atoms with E-state index in [1.807, 2.05) is 0 Å². The van der Waals surface area contributed by atoms with Gasteiger partial charge < -0.3 is 14.8 Å². The van der Waals surface area contributed by atoms with Crippen molar-refractivity contribution >= 4 is 0 Å². The van der Waals surface area contributed by atoms with Gasteiger partial charge in [0.05, 0.1) is 0 Å². The molecule has 1 aliphatic heterocycles. The molecule has 110 valence electrons. The Morgan fingerprint density at radius 2 is 1.44 bits per heavy atom. The van der Waals surface area contributed by atoms with Gasteiger partial charge in [0.1, 0.15) is 0 Å². The third kappa shape index (κ3) is 8.06. The molecule has 3 nitrogen and oxygen atoms in total. The second kappa shape index (κ2) is 8.13. The number of rotatable bonds is 4. The summed E-state index contributed by atoms with van der Waals surface area (Å²) in [6.45, 7) is 11.2. The molecule has 1 rings (SSSR count). The van der Waals surface area contributed by atoms with Crippen LogP contribution in [-0.2, 0) is 9.47 Å². The molecule has 0 aliphatic carbocycles. The molecule has 1 fully saturated rings. The maximum atomic E-state index is 4.92. The van der Waals surface area contributed by atoms with Gasteiger partial charge in [0.2, 0.25) is 0 Å². The van der Waals surface area contributed by atoms with Crippen LogP contribution in [0.2, 0.25) is 0 Å². The lowest BCUT2D eigenvalue weighted by atomic mass is 9.83. The van der Waals surface area contributed by atoms with Gasteiger partial charge in [-0.15, -0.1) is 0 Å². The molecule has 1 saturated heterocycles. The molecule has 0 aromatic rings. The van der Waals surface area contributed by atoms with Gasteiger partial charge in [0.25, 0.3) is 0 Å². The van der Waals surface area contributed by atoms with E-state index in [0.717, 1.165) is 12.8 Å². The summed E-state index contributed by atoms with van der Waals surface area (Å²) in [5.74, 6) is 0. The van der Waals surface area contributed by atoms with E-state index in [0.29, 0.717) is 11.1 Å². The van der Waals surface area contributed by atoms with E-state index in [1.165, 1.54) is 19.3 Å². The Hall–Kier alpha value is -0.120. The summed E-state index contributed by atoms with van der Waals surface area (Å²) in [4.78, 5) is 0. The predicted molar refractivity (Wildman–Crippen MR) is 77.9 cm³/mol. The Morgan fingerprint density at radius 1 is 1.00 bits per heavy atom. The number of piperidine rings is 1. The molecule has 0 saturated carbocycles. The van der Waals surface area contributed by atoms with Crippen LogP contribution < -0.4 is 5.32 Å². The average molecular weight is 259 g/mol. The van der Waals surface area contributed by atoms with Crippen molar-refractivity contribution in [3.05, 3.63) is 0 Å². The second-order valence-electron chi connectivity index (χ2n) is 6.44. The quantitative estimate of drug-likeness (QED) is 0.781. The van der Waals surface area contributed by atoms with Gasteiger partial charge in [-0.1, -0.05) is 13.3 Å². The number of hydrogen-bond acceptors (Lipinski definition) is 3. The monoisotopic (exact) mass is 259 g/mol. The van der Waals surface area contributed by atoms with Crippen molar-refractivity contribution in [1.29, 1.82) is 0 Å². The van der Waals surface area contributed by atoms with E-state index >= 15 is 0 Å². The van der Waals surface area contributed by atoms with Gasteiger partial charge in [-0.05, 0) is 53.4 Å². The number of hydrogen-bond donors (Lipinski definition) is 1. The summed E-state index contributed by atoms with van der Waals surface area (Å²) in [6.07, 6.45) is 6.08.